The van der Waals surface area contributed by atoms with Crippen molar-refractivity contribution in [1.29, 1.82) is 0 Å². The van der Waals surface area contributed by atoms with Gasteiger partial charge in [-0.25, -0.2) is 8.42 Å². The third-order valence-corrected chi connectivity index (χ3v) is 5.16. The van der Waals surface area contributed by atoms with Crippen molar-refractivity contribution in [3.63, 3.8) is 0 Å². The predicted molar refractivity (Wildman–Crippen MR) is 70.4 cm³/mol. The summed E-state index contributed by atoms with van der Waals surface area (Å²) in [5, 5.41) is 9.00. The van der Waals surface area contributed by atoms with Crippen molar-refractivity contribution in [1.82, 2.24) is 4.72 Å². The Bertz CT molecular complexity index is 545. The van der Waals surface area contributed by atoms with Crippen LogP contribution in [0.1, 0.15) is 23.6 Å². The lowest BCUT2D eigenvalue weighted by Gasteiger charge is -2.17. The number of sulfonamides is 1. The van der Waals surface area contributed by atoms with Crippen LogP contribution in [-0.2, 0) is 14.8 Å². The maximum absolute atomic E-state index is 12.1. The van der Waals surface area contributed by atoms with E-state index in [1.807, 2.05) is 6.92 Å². The number of rotatable bonds is 5. The average Bonchev–Trinajstić information content (AvgIpc) is 2.54. The largest absolute Gasteiger partial charge is 0.480 e. The normalized spacial score (nSPS) is 13.8. The molecule has 7 heteroatoms. The number of carboxylic acid groups (broad SMARTS) is 1. The maximum atomic E-state index is 12.1. The van der Waals surface area contributed by atoms with Crippen LogP contribution in [0.3, 0.4) is 0 Å². The molecule has 18 heavy (non-hydrogen) atoms. The molecule has 0 spiro atoms. The van der Waals surface area contributed by atoms with Crippen LogP contribution in [0.5, 0.6) is 0 Å². The summed E-state index contributed by atoms with van der Waals surface area (Å²) in [4.78, 5) is 12.7. The van der Waals surface area contributed by atoms with Crippen molar-refractivity contribution in [2.45, 2.75) is 38.6 Å². The fourth-order valence-electron chi connectivity index (χ4n) is 1.58. The molecule has 0 aliphatic carbocycles. The summed E-state index contributed by atoms with van der Waals surface area (Å²) >= 11 is 1.37. The van der Waals surface area contributed by atoms with Gasteiger partial charge in [0.1, 0.15) is 6.04 Å². The minimum Gasteiger partial charge on any atom is -0.480 e. The van der Waals surface area contributed by atoms with Crippen LogP contribution >= 0.6 is 11.3 Å². The zero-order valence-electron chi connectivity index (χ0n) is 10.7. The number of hydrogen-bond acceptors (Lipinski definition) is 4. The molecule has 1 aromatic heterocycles. The highest BCUT2D eigenvalue weighted by Gasteiger charge is 2.29. The molecule has 0 aliphatic rings. The van der Waals surface area contributed by atoms with Gasteiger partial charge in [-0.1, -0.05) is 13.8 Å². The van der Waals surface area contributed by atoms with Crippen molar-refractivity contribution in [2.75, 3.05) is 0 Å². The average molecular weight is 291 g/mol. The molecule has 0 saturated carbocycles. The lowest BCUT2D eigenvalue weighted by atomic mass is 10.1. The highest BCUT2D eigenvalue weighted by molar-refractivity contribution is 7.89. The summed E-state index contributed by atoms with van der Waals surface area (Å²) in [6.45, 7) is 6.84. The zero-order chi connectivity index (χ0) is 14.1. The van der Waals surface area contributed by atoms with Crippen molar-refractivity contribution >= 4 is 27.3 Å². The van der Waals surface area contributed by atoms with E-state index in [1.165, 1.54) is 11.3 Å². The van der Waals surface area contributed by atoms with Crippen LogP contribution in [0.25, 0.3) is 0 Å². The van der Waals surface area contributed by atoms with E-state index in [-0.39, 0.29) is 10.8 Å². The summed E-state index contributed by atoms with van der Waals surface area (Å²) in [5.41, 5.74) is 0. The number of aryl methyl sites for hydroxylation is 2. The summed E-state index contributed by atoms with van der Waals surface area (Å²) in [6, 6.07) is 0.441. The second-order valence-corrected chi connectivity index (χ2v) is 7.60. The Hall–Kier alpha value is -0.920. The van der Waals surface area contributed by atoms with Crippen LogP contribution in [0.4, 0.5) is 0 Å². The topological polar surface area (TPSA) is 83.5 Å². The van der Waals surface area contributed by atoms with Crippen molar-refractivity contribution in [3.05, 3.63) is 15.8 Å². The highest BCUT2D eigenvalue weighted by Crippen LogP contribution is 2.25. The van der Waals surface area contributed by atoms with Gasteiger partial charge >= 0.3 is 5.97 Å². The van der Waals surface area contributed by atoms with Gasteiger partial charge in [0, 0.05) is 9.75 Å². The fraction of sp³-hybridized carbons (Fsp3) is 0.545. The van der Waals surface area contributed by atoms with Gasteiger partial charge in [0.2, 0.25) is 10.0 Å². The monoisotopic (exact) mass is 291 g/mol. The lowest BCUT2D eigenvalue weighted by molar-refractivity contribution is -0.140. The third kappa shape index (κ3) is 3.30. The second-order valence-electron chi connectivity index (χ2n) is 4.46. The number of carboxylic acids is 1. The van der Waals surface area contributed by atoms with E-state index < -0.39 is 22.0 Å². The van der Waals surface area contributed by atoms with E-state index in [1.54, 1.807) is 26.8 Å². The standard InChI is InChI=1S/C11H17NO4S2/c1-6(2)10(11(13)14)12-18(15,16)9-5-7(3)17-8(9)4/h5-6,10,12H,1-4H3,(H,13,14)/t10-/m0/s1. The van der Waals surface area contributed by atoms with Crippen molar-refractivity contribution in [2.24, 2.45) is 5.92 Å². The predicted octanol–water partition coefficient (Wildman–Crippen LogP) is 1.75. The molecule has 5 nitrogen and oxygen atoms in total. The number of aliphatic carboxylic acids is 1. The Kier molecular flexibility index (Phi) is 4.52. The first-order chi connectivity index (χ1) is 8.15. The van der Waals surface area contributed by atoms with Gasteiger partial charge in [0.15, 0.2) is 0 Å². The number of thiophene rings is 1. The summed E-state index contributed by atoms with van der Waals surface area (Å²) in [5.74, 6) is -1.49. The molecule has 2 N–H and O–H groups in total. The van der Waals surface area contributed by atoms with Crippen molar-refractivity contribution in [3.8, 4) is 0 Å². The van der Waals surface area contributed by atoms with Gasteiger partial charge in [-0.15, -0.1) is 11.3 Å². The van der Waals surface area contributed by atoms with Crippen LogP contribution in [-0.4, -0.2) is 25.5 Å². The molecule has 0 bridgehead atoms. The van der Waals surface area contributed by atoms with Gasteiger partial charge in [-0.2, -0.15) is 4.72 Å². The zero-order valence-corrected chi connectivity index (χ0v) is 12.4. The van der Waals surface area contributed by atoms with Crippen LogP contribution in [0, 0.1) is 19.8 Å². The minimum atomic E-state index is -3.78. The summed E-state index contributed by atoms with van der Waals surface area (Å²) < 4.78 is 26.5. The van der Waals surface area contributed by atoms with E-state index in [0.29, 0.717) is 4.88 Å². The molecule has 0 fully saturated rings. The van der Waals surface area contributed by atoms with Crippen LogP contribution in [0.15, 0.2) is 11.0 Å². The Morgan fingerprint density at radius 2 is 1.94 bits per heavy atom. The molecule has 0 radical (unpaired) electrons. The van der Waals surface area contributed by atoms with E-state index in [9.17, 15) is 13.2 Å². The molecule has 1 aromatic rings. The molecule has 1 atom stereocenters. The molecule has 0 aromatic carbocycles. The molecule has 1 heterocycles. The molecule has 0 saturated heterocycles. The lowest BCUT2D eigenvalue weighted by Crippen LogP contribution is -2.44. The number of nitrogens with one attached hydrogen (secondary N) is 1. The molecule has 102 valence electrons. The number of hydrogen-bond donors (Lipinski definition) is 2. The Labute approximate surface area is 111 Å². The molecule has 1 rings (SSSR count). The molecule has 0 aliphatic heterocycles. The van der Waals surface area contributed by atoms with Gasteiger partial charge in [0.25, 0.3) is 0 Å². The Balaban J connectivity index is 3.08. The second kappa shape index (κ2) is 5.38. The highest BCUT2D eigenvalue weighted by atomic mass is 32.2. The smallest absolute Gasteiger partial charge is 0.322 e. The number of carbonyl (C=O) groups is 1. The molecular weight excluding hydrogens is 274 g/mol. The summed E-state index contributed by atoms with van der Waals surface area (Å²) in [7, 11) is -3.78. The fourth-order valence-corrected chi connectivity index (χ4v) is 4.47. The third-order valence-electron chi connectivity index (χ3n) is 2.50. The quantitative estimate of drug-likeness (QED) is 0.865. The molecule has 0 amide bonds. The minimum absolute atomic E-state index is 0.164. The maximum Gasteiger partial charge on any atom is 0.322 e. The van der Waals surface area contributed by atoms with E-state index >= 15 is 0 Å². The Morgan fingerprint density at radius 1 is 1.39 bits per heavy atom. The van der Waals surface area contributed by atoms with Crippen LogP contribution in [0.2, 0.25) is 0 Å². The van der Waals surface area contributed by atoms with E-state index in [2.05, 4.69) is 4.72 Å². The van der Waals surface area contributed by atoms with E-state index in [4.69, 9.17) is 5.11 Å². The van der Waals surface area contributed by atoms with Crippen LogP contribution < -0.4 is 4.72 Å². The first-order valence-corrected chi connectivity index (χ1v) is 7.77. The SMILES string of the molecule is Cc1cc(S(=O)(=O)N[C@H](C(=O)O)C(C)C)c(C)s1. The van der Waals surface area contributed by atoms with Crippen molar-refractivity contribution < 1.29 is 18.3 Å². The molecular formula is C11H17NO4S2. The van der Waals surface area contributed by atoms with Gasteiger partial charge in [-0.05, 0) is 25.8 Å². The molecule has 0 unspecified atom stereocenters. The van der Waals surface area contributed by atoms with Gasteiger partial charge in [0.05, 0.1) is 4.90 Å². The first kappa shape index (κ1) is 15.1. The van der Waals surface area contributed by atoms with E-state index in [0.717, 1.165) is 4.88 Å². The Morgan fingerprint density at radius 3 is 2.28 bits per heavy atom. The van der Waals surface area contributed by atoms with Gasteiger partial charge < -0.3 is 5.11 Å². The first-order valence-electron chi connectivity index (χ1n) is 5.47. The van der Waals surface area contributed by atoms with Gasteiger partial charge in [-0.3, -0.25) is 4.79 Å². The summed E-state index contributed by atoms with van der Waals surface area (Å²) in [6.07, 6.45) is 0.